The Balaban J connectivity index is 1.78. The van der Waals surface area contributed by atoms with E-state index >= 15 is 0 Å². The molecule has 2 saturated heterocycles. The molecule has 0 amide bonds. The molecule has 3 unspecified atom stereocenters. The van der Waals surface area contributed by atoms with Crippen LogP contribution in [0.1, 0.15) is 46.0 Å². The predicted octanol–water partition coefficient (Wildman–Crippen LogP) is 3.10. The van der Waals surface area contributed by atoms with Crippen LogP contribution in [0.4, 0.5) is 0 Å². The lowest BCUT2D eigenvalue weighted by Crippen LogP contribution is -2.38. The normalized spacial score (nSPS) is 46.3. The van der Waals surface area contributed by atoms with Gasteiger partial charge in [0.15, 0.2) is 0 Å². The van der Waals surface area contributed by atoms with Crippen molar-refractivity contribution in [2.24, 2.45) is 5.41 Å². The van der Waals surface area contributed by atoms with Crippen molar-refractivity contribution in [3.63, 3.8) is 0 Å². The Kier molecular flexibility index (Phi) is 2.14. The van der Waals surface area contributed by atoms with Crippen molar-refractivity contribution < 1.29 is 0 Å². The fourth-order valence-corrected chi connectivity index (χ4v) is 5.64. The van der Waals surface area contributed by atoms with E-state index in [0.717, 1.165) is 16.7 Å². The van der Waals surface area contributed by atoms with Crippen LogP contribution in [0, 0.1) is 5.41 Å². The lowest BCUT2D eigenvalue weighted by molar-refractivity contribution is 0.187. The lowest BCUT2D eigenvalue weighted by Gasteiger charge is -2.31. The van der Waals surface area contributed by atoms with Gasteiger partial charge in [-0.25, -0.2) is 0 Å². The molecule has 3 fully saturated rings. The van der Waals surface area contributed by atoms with E-state index in [0.29, 0.717) is 5.41 Å². The van der Waals surface area contributed by atoms with E-state index in [9.17, 15) is 0 Å². The van der Waals surface area contributed by atoms with E-state index in [1.165, 1.54) is 38.6 Å². The SMILES string of the molecule is CC1(C)CC2SC3CCCCC3N2C1. The van der Waals surface area contributed by atoms with Gasteiger partial charge in [0.05, 0.1) is 5.37 Å². The summed E-state index contributed by atoms with van der Waals surface area (Å²) in [6, 6.07) is 0.945. The monoisotopic (exact) mass is 211 g/mol. The fraction of sp³-hybridized carbons (Fsp3) is 1.00. The summed E-state index contributed by atoms with van der Waals surface area (Å²) in [6.07, 6.45) is 7.35. The first kappa shape index (κ1) is 9.53. The maximum absolute atomic E-state index is 2.83. The number of rotatable bonds is 0. The van der Waals surface area contributed by atoms with Crippen LogP contribution in [-0.4, -0.2) is 28.1 Å². The molecule has 1 aliphatic carbocycles. The van der Waals surface area contributed by atoms with Crippen molar-refractivity contribution >= 4 is 11.8 Å². The molecule has 1 saturated carbocycles. The summed E-state index contributed by atoms with van der Waals surface area (Å²) in [5.41, 5.74) is 0.583. The van der Waals surface area contributed by atoms with E-state index in [4.69, 9.17) is 0 Å². The third-order valence-electron chi connectivity index (χ3n) is 4.13. The summed E-state index contributed by atoms with van der Waals surface area (Å²) in [5.74, 6) is 0. The Labute approximate surface area is 91.6 Å². The highest BCUT2D eigenvalue weighted by atomic mass is 32.2. The van der Waals surface area contributed by atoms with Gasteiger partial charge in [0, 0.05) is 17.8 Å². The number of hydrogen-bond acceptors (Lipinski definition) is 2. The van der Waals surface area contributed by atoms with Gasteiger partial charge in [-0.3, -0.25) is 4.90 Å². The van der Waals surface area contributed by atoms with Crippen LogP contribution in [-0.2, 0) is 0 Å². The smallest absolute Gasteiger partial charge is 0.0569 e. The molecule has 0 N–H and O–H groups in total. The minimum Gasteiger partial charge on any atom is -0.287 e. The number of nitrogens with zero attached hydrogens (tertiary/aromatic N) is 1. The van der Waals surface area contributed by atoms with Crippen LogP contribution < -0.4 is 0 Å². The van der Waals surface area contributed by atoms with Gasteiger partial charge in [-0.05, 0) is 24.7 Å². The van der Waals surface area contributed by atoms with E-state index in [2.05, 4.69) is 30.5 Å². The molecule has 2 aliphatic heterocycles. The van der Waals surface area contributed by atoms with Crippen molar-refractivity contribution in [1.29, 1.82) is 0 Å². The first-order chi connectivity index (χ1) is 6.66. The zero-order valence-electron chi connectivity index (χ0n) is 9.33. The quantitative estimate of drug-likeness (QED) is 0.606. The van der Waals surface area contributed by atoms with Gasteiger partial charge >= 0.3 is 0 Å². The van der Waals surface area contributed by atoms with Crippen LogP contribution in [0.5, 0.6) is 0 Å². The van der Waals surface area contributed by atoms with E-state index < -0.39 is 0 Å². The number of fused-ring (bicyclic) bond motifs is 3. The Bertz CT molecular complexity index is 238. The van der Waals surface area contributed by atoms with Crippen molar-refractivity contribution in [2.75, 3.05) is 6.54 Å². The third kappa shape index (κ3) is 1.42. The predicted molar refractivity (Wildman–Crippen MR) is 62.5 cm³/mol. The first-order valence-corrected chi connectivity index (χ1v) is 7.01. The molecule has 3 rings (SSSR count). The summed E-state index contributed by atoms with van der Waals surface area (Å²) in [6.45, 7) is 6.22. The maximum Gasteiger partial charge on any atom is 0.0569 e. The molecule has 0 aromatic heterocycles. The second kappa shape index (κ2) is 3.15. The summed E-state index contributed by atoms with van der Waals surface area (Å²) < 4.78 is 0. The second-order valence-corrected chi connectivity index (χ2v) is 7.44. The summed E-state index contributed by atoms with van der Waals surface area (Å²) in [4.78, 5) is 2.83. The second-order valence-electron chi connectivity index (χ2n) is 6.02. The molecular formula is C12H21NS. The molecular weight excluding hydrogens is 190 g/mol. The average Bonchev–Trinajstić information content (AvgIpc) is 2.56. The highest BCUT2D eigenvalue weighted by Crippen LogP contribution is 2.51. The number of thioether (sulfide) groups is 1. The molecule has 0 aromatic carbocycles. The molecule has 0 bridgehead atoms. The maximum atomic E-state index is 2.83. The molecule has 2 heteroatoms. The van der Waals surface area contributed by atoms with Gasteiger partial charge < -0.3 is 0 Å². The van der Waals surface area contributed by atoms with E-state index in [1.54, 1.807) is 0 Å². The van der Waals surface area contributed by atoms with Crippen LogP contribution >= 0.6 is 11.8 Å². The summed E-state index contributed by atoms with van der Waals surface area (Å²) in [5, 5.41) is 1.86. The molecule has 0 radical (unpaired) electrons. The molecule has 0 spiro atoms. The summed E-state index contributed by atoms with van der Waals surface area (Å²) >= 11 is 2.29. The number of hydrogen-bond donors (Lipinski definition) is 0. The van der Waals surface area contributed by atoms with E-state index in [1.807, 2.05) is 0 Å². The van der Waals surface area contributed by atoms with Crippen molar-refractivity contribution in [2.45, 2.75) is 62.6 Å². The third-order valence-corrected chi connectivity index (χ3v) is 5.78. The Morgan fingerprint density at radius 3 is 2.86 bits per heavy atom. The van der Waals surface area contributed by atoms with Gasteiger partial charge in [0.25, 0.3) is 0 Å². The fourth-order valence-electron chi connectivity index (χ4n) is 3.52. The van der Waals surface area contributed by atoms with Gasteiger partial charge in [-0.15, -0.1) is 11.8 Å². The topological polar surface area (TPSA) is 3.24 Å². The van der Waals surface area contributed by atoms with Gasteiger partial charge in [0.2, 0.25) is 0 Å². The average molecular weight is 211 g/mol. The van der Waals surface area contributed by atoms with Crippen molar-refractivity contribution in [1.82, 2.24) is 4.90 Å². The molecule has 0 aromatic rings. The van der Waals surface area contributed by atoms with Gasteiger partial charge in [-0.1, -0.05) is 26.7 Å². The van der Waals surface area contributed by atoms with Crippen molar-refractivity contribution in [3.05, 3.63) is 0 Å². The van der Waals surface area contributed by atoms with Gasteiger partial charge in [0.1, 0.15) is 0 Å². The largest absolute Gasteiger partial charge is 0.287 e. The minimum atomic E-state index is 0.583. The Hall–Kier alpha value is 0.310. The summed E-state index contributed by atoms with van der Waals surface area (Å²) in [7, 11) is 0. The van der Waals surface area contributed by atoms with Crippen molar-refractivity contribution in [3.8, 4) is 0 Å². The Morgan fingerprint density at radius 2 is 2.00 bits per heavy atom. The van der Waals surface area contributed by atoms with Gasteiger partial charge in [-0.2, -0.15) is 0 Å². The molecule has 3 aliphatic rings. The van der Waals surface area contributed by atoms with Crippen LogP contribution in [0.15, 0.2) is 0 Å². The zero-order valence-corrected chi connectivity index (χ0v) is 10.1. The van der Waals surface area contributed by atoms with Crippen LogP contribution in [0.2, 0.25) is 0 Å². The highest BCUT2D eigenvalue weighted by molar-refractivity contribution is 8.00. The van der Waals surface area contributed by atoms with Crippen LogP contribution in [0.3, 0.4) is 0 Å². The zero-order chi connectivity index (χ0) is 9.76. The molecule has 80 valence electrons. The molecule has 14 heavy (non-hydrogen) atoms. The minimum absolute atomic E-state index is 0.583. The Morgan fingerprint density at radius 1 is 1.21 bits per heavy atom. The molecule has 1 nitrogen and oxygen atoms in total. The first-order valence-electron chi connectivity index (χ1n) is 6.07. The molecule has 3 atom stereocenters. The van der Waals surface area contributed by atoms with Crippen LogP contribution in [0.25, 0.3) is 0 Å². The highest BCUT2D eigenvalue weighted by Gasteiger charge is 2.49. The molecule has 2 heterocycles. The van der Waals surface area contributed by atoms with E-state index in [-0.39, 0.29) is 0 Å². The lowest BCUT2D eigenvalue weighted by atomic mass is 9.91. The standard InChI is InChI=1S/C12H21NS/c1-12(2)7-11-13(8-12)9-5-3-4-6-10(9)14-11/h9-11H,3-8H2,1-2H3.